The van der Waals surface area contributed by atoms with Crippen LogP contribution in [0.4, 0.5) is 0 Å². The Morgan fingerprint density at radius 1 is 1.53 bits per heavy atom. The largest absolute Gasteiger partial charge is 0.488 e. The summed E-state index contributed by atoms with van der Waals surface area (Å²) >= 11 is 7.12. The van der Waals surface area contributed by atoms with Gasteiger partial charge in [0.25, 0.3) is 0 Å². The first-order valence-corrected chi connectivity index (χ1v) is 6.63. The highest BCUT2D eigenvalue weighted by molar-refractivity contribution is 7.15. The highest BCUT2D eigenvalue weighted by atomic mass is 35.5. The maximum absolute atomic E-state index is 10.7. The minimum absolute atomic E-state index is 0.410. The molecule has 2 N–H and O–H groups in total. The summed E-state index contributed by atoms with van der Waals surface area (Å²) in [5.41, 5.74) is 5.89. The van der Waals surface area contributed by atoms with Crippen LogP contribution in [0.25, 0.3) is 6.08 Å². The van der Waals surface area contributed by atoms with Gasteiger partial charge in [0, 0.05) is 12.3 Å². The fraction of sp³-hybridized carbons (Fsp3) is 0.0769. The van der Waals surface area contributed by atoms with Gasteiger partial charge in [0.2, 0.25) is 5.91 Å². The van der Waals surface area contributed by atoms with Crippen molar-refractivity contribution >= 4 is 34.9 Å². The molecule has 1 aromatic heterocycles. The number of carbonyl (C=O) groups excluding carboxylic acids is 1. The van der Waals surface area contributed by atoms with Crippen LogP contribution in [-0.4, -0.2) is 10.9 Å². The summed E-state index contributed by atoms with van der Waals surface area (Å²) in [6.45, 7) is 0.410. The zero-order valence-corrected chi connectivity index (χ0v) is 11.4. The topological polar surface area (TPSA) is 65.2 Å². The summed E-state index contributed by atoms with van der Waals surface area (Å²) in [4.78, 5) is 15.5. The number of amides is 1. The molecule has 0 unspecified atom stereocenters. The summed E-state index contributed by atoms with van der Waals surface area (Å²) in [5, 5.41) is 0. The summed E-state index contributed by atoms with van der Waals surface area (Å²) in [5.74, 6) is 0.224. The van der Waals surface area contributed by atoms with Crippen molar-refractivity contribution in [3.8, 4) is 5.75 Å². The van der Waals surface area contributed by atoms with Crippen molar-refractivity contribution in [1.29, 1.82) is 0 Å². The van der Waals surface area contributed by atoms with Crippen LogP contribution in [0.3, 0.4) is 0 Å². The molecule has 0 aliphatic rings. The highest BCUT2D eigenvalue weighted by Gasteiger charge is 2.01. The number of thiazole rings is 1. The molecule has 19 heavy (non-hydrogen) atoms. The lowest BCUT2D eigenvalue weighted by Gasteiger charge is -2.04. The number of aromatic nitrogens is 1. The molecule has 1 aromatic carbocycles. The zero-order valence-electron chi connectivity index (χ0n) is 9.88. The standard InChI is InChI=1S/C13H11ClN2O2S/c14-13-16-7-11(19-13)8-18-10-3-1-2-9(6-10)4-5-12(15)17/h1-7H,8H2,(H2,15,17)/b5-4-. The number of benzene rings is 1. The fourth-order valence-electron chi connectivity index (χ4n) is 1.39. The molecule has 0 aliphatic carbocycles. The Bertz CT molecular complexity index is 610. The van der Waals surface area contributed by atoms with Crippen molar-refractivity contribution in [3.63, 3.8) is 0 Å². The van der Waals surface area contributed by atoms with E-state index in [1.807, 2.05) is 24.3 Å². The van der Waals surface area contributed by atoms with Gasteiger partial charge in [0.15, 0.2) is 4.47 Å². The molecular formula is C13H11ClN2O2S. The van der Waals surface area contributed by atoms with Crippen LogP contribution in [0, 0.1) is 0 Å². The number of rotatable bonds is 5. The molecule has 1 amide bonds. The number of hydrogen-bond acceptors (Lipinski definition) is 4. The molecule has 2 aromatic rings. The van der Waals surface area contributed by atoms with E-state index in [1.165, 1.54) is 17.4 Å². The normalized spacial score (nSPS) is 10.8. The van der Waals surface area contributed by atoms with Crippen molar-refractivity contribution < 1.29 is 9.53 Å². The number of primary amides is 1. The van der Waals surface area contributed by atoms with Gasteiger partial charge in [-0.25, -0.2) is 4.98 Å². The number of nitrogens with zero attached hydrogens (tertiary/aromatic N) is 1. The van der Waals surface area contributed by atoms with Crippen molar-refractivity contribution in [3.05, 3.63) is 51.4 Å². The average Bonchev–Trinajstić information content (AvgIpc) is 2.80. The lowest BCUT2D eigenvalue weighted by atomic mass is 10.2. The molecule has 4 nitrogen and oxygen atoms in total. The number of ether oxygens (including phenoxy) is 1. The van der Waals surface area contributed by atoms with E-state index in [4.69, 9.17) is 22.1 Å². The molecule has 0 spiro atoms. The van der Waals surface area contributed by atoms with Crippen molar-refractivity contribution in [2.45, 2.75) is 6.61 Å². The number of nitrogens with two attached hydrogens (primary N) is 1. The lowest BCUT2D eigenvalue weighted by molar-refractivity contribution is -0.113. The van der Waals surface area contributed by atoms with E-state index in [9.17, 15) is 4.79 Å². The predicted octanol–water partition coefficient (Wildman–Crippen LogP) is 2.87. The summed E-state index contributed by atoms with van der Waals surface area (Å²) < 4.78 is 6.11. The molecule has 0 radical (unpaired) electrons. The number of hydrogen-bond donors (Lipinski definition) is 1. The summed E-state index contributed by atoms with van der Waals surface area (Å²) in [7, 11) is 0. The molecule has 0 aliphatic heterocycles. The summed E-state index contributed by atoms with van der Waals surface area (Å²) in [6.07, 6.45) is 4.63. The van der Waals surface area contributed by atoms with Gasteiger partial charge >= 0.3 is 0 Å². The van der Waals surface area contributed by atoms with E-state index in [0.29, 0.717) is 16.8 Å². The van der Waals surface area contributed by atoms with Crippen LogP contribution >= 0.6 is 22.9 Å². The second-order valence-corrected chi connectivity index (χ2v) is 5.37. The molecule has 1 heterocycles. The SMILES string of the molecule is NC(=O)/C=C\c1cccc(OCc2cnc(Cl)s2)c1. The van der Waals surface area contributed by atoms with Gasteiger partial charge in [-0.1, -0.05) is 23.7 Å². The molecule has 0 fully saturated rings. The quantitative estimate of drug-likeness (QED) is 0.862. The van der Waals surface area contributed by atoms with E-state index in [1.54, 1.807) is 12.3 Å². The molecule has 0 saturated carbocycles. The van der Waals surface area contributed by atoms with Crippen LogP contribution in [0.1, 0.15) is 10.4 Å². The minimum atomic E-state index is -0.481. The molecular weight excluding hydrogens is 284 g/mol. The van der Waals surface area contributed by atoms with Crippen molar-refractivity contribution in [1.82, 2.24) is 4.98 Å². The Balaban J connectivity index is 2.00. The summed E-state index contributed by atoms with van der Waals surface area (Å²) in [6, 6.07) is 7.36. The van der Waals surface area contributed by atoms with Gasteiger partial charge in [-0.15, -0.1) is 11.3 Å². The van der Waals surface area contributed by atoms with E-state index in [0.717, 1.165) is 10.4 Å². The second kappa shape index (κ2) is 6.36. The van der Waals surface area contributed by atoms with E-state index in [-0.39, 0.29) is 0 Å². The smallest absolute Gasteiger partial charge is 0.241 e. The average molecular weight is 295 g/mol. The molecule has 2 rings (SSSR count). The van der Waals surface area contributed by atoms with Gasteiger partial charge in [-0.2, -0.15) is 0 Å². The van der Waals surface area contributed by atoms with E-state index < -0.39 is 5.91 Å². The fourth-order valence-corrected chi connectivity index (χ4v) is 2.28. The van der Waals surface area contributed by atoms with Gasteiger partial charge in [-0.05, 0) is 23.8 Å². The van der Waals surface area contributed by atoms with Gasteiger partial charge in [0.05, 0.1) is 4.88 Å². The number of carbonyl (C=O) groups is 1. The second-order valence-electron chi connectivity index (χ2n) is 3.68. The molecule has 98 valence electrons. The molecule has 6 heteroatoms. The zero-order chi connectivity index (χ0) is 13.7. The van der Waals surface area contributed by atoms with Crippen LogP contribution in [0.5, 0.6) is 5.75 Å². The van der Waals surface area contributed by atoms with Gasteiger partial charge < -0.3 is 10.5 Å². The van der Waals surface area contributed by atoms with E-state index >= 15 is 0 Å². The Morgan fingerprint density at radius 3 is 3.05 bits per heavy atom. The van der Waals surface area contributed by atoms with Crippen molar-refractivity contribution in [2.24, 2.45) is 5.73 Å². The predicted molar refractivity (Wildman–Crippen MR) is 76.1 cm³/mol. The Kier molecular flexibility index (Phi) is 4.54. The Labute approximate surface area is 119 Å². The minimum Gasteiger partial charge on any atom is -0.488 e. The van der Waals surface area contributed by atoms with Gasteiger partial charge in [-0.3, -0.25) is 4.79 Å². The molecule has 0 bridgehead atoms. The molecule has 0 saturated heterocycles. The van der Waals surface area contributed by atoms with Crippen LogP contribution in [0.15, 0.2) is 36.5 Å². The third-order valence-electron chi connectivity index (χ3n) is 2.20. The third-order valence-corrected chi connectivity index (χ3v) is 3.29. The maximum atomic E-state index is 10.7. The van der Waals surface area contributed by atoms with E-state index in [2.05, 4.69) is 4.98 Å². The van der Waals surface area contributed by atoms with Crippen LogP contribution in [-0.2, 0) is 11.4 Å². The Morgan fingerprint density at radius 2 is 2.37 bits per heavy atom. The van der Waals surface area contributed by atoms with Crippen molar-refractivity contribution in [2.75, 3.05) is 0 Å². The lowest BCUT2D eigenvalue weighted by Crippen LogP contribution is -2.05. The Hall–Kier alpha value is -1.85. The molecule has 0 atom stereocenters. The highest BCUT2D eigenvalue weighted by Crippen LogP contribution is 2.21. The third kappa shape index (κ3) is 4.39. The number of halogens is 1. The maximum Gasteiger partial charge on any atom is 0.241 e. The monoisotopic (exact) mass is 294 g/mol. The first-order chi connectivity index (χ1) is 9.13. The first kappa shape index (κ1) is 13.6. The van der Waals surface area contributed by atoms with Crippen LogP contribution in [0.2, 0.25) is 4.47 Å². The first-order valence-electron chi connectivity index (χ1n) is 5.44. The van der Waals surface area contributed by atoms with Gasteiger partial charge in [0.1, 0.15) is 12.4 Å². The van der Waals surface area contributed by atoms with Crippen LogP contribution < -0.4 is 10.5 Å².